The van der Waals surface area contributed by atoms with Gasteiger partial charge in [0.25, 0.3) is 0 Å². The summed E-state index contributed by atoms with van der Waals surface area (Å²) in [5, 5.41) is 3.54. The minimum atomic E-state index is -0.691. The van der Waals surface area contributed by atoms with Crippen molar-refractivity contribution in [3.05, 3.63) is 36.3 Å². The molecule has 2 heterocycles. The van der Waals surface area contributed by atoms with Crippen molar-refractivity contribution in [3.63, 3.8) is 0 Å². The van der Waals surface area contributed by atoms with Gasteiger partial charge in [-0.3, -0.25) is 9.78 Å². The number of nitrogens with one attached hydrogen (secondary N) is 1. The van der Waals surface area contributed by atoms with Crippen LogP contribution in [-0.4, -0.2) is 34.6 Å². The predicted octanol–water partition coefficient (Wildman–Crippen LogP) is 2.53. The van der Waals surface area contributed by atoms with E-state index in [1.807, 2.05) is 20.8 Å². The van der Waals surface area contributed by atoms with E-state index < -0.39 is 5.91 Å². The van der Waals surface area contributed by atoms with Crippen molar-refractivity contribution >= 4 is 23.0 Å². The van der Waals surface area contributed by atoms with Crippen molar-refractivity contribution in [3.8, 4) is 5.88 Å². The molecule has 27 heavy (non-hydrogen) atoms. The molecule has 0 aliphatic carbocycles. The van der Waals surface area contributed by atoms with Gasteiger partial charge in [0.1, 0.15) is 5.69 Å². The van der Waals surface area contributed by atoms with Gasteiger partial charge in [0.2, 0.25) is 11.8 Å². The highest BCUT2D eigenvalue weighted by molar-refractivity contribution is 5.93. The molecule has 2 aromatic heterocycles. The summed E-state index contributed by atoms with van der Waals surface area (Å²) < 4.78 is 20.7. The molecule has 0 saturated heterocycles. The van der Waals surface area contributed by atoms with Crippen LogP contribution in [0.1, 0.15) is 37.6 Å². The zero-order chi connectivity index (χ0) is 20.0. The van der Waals surface area contributed by atoms with Crippen molar-refractivity contribution in [2.75, 3.05) is 17.0 Å². The molecule has 146 valence electrons. The summed E-state index contributed by atoms with van der Waals surface area (Å²) in [6, 6.07) is 2.50. The normalized spacial score (nSPS) is 12.9. The topological polar surface area (TPSA) is 119 Å². The Morgan fingerprint density at radius 1 is 1.33 bits per heavy atom. The first-order chi connectivity index (χ1) is 12.8. The molecule has 0 unspecified atom stereocenters. The minimum absolute atomic E-state index is 0.0513. The molecule has 0 fully saturated rings. The van der Waals surface area contributed by atoms with Crippen LogP contribution in [0, 0.1) is 0 Å². The standard InChI is InChI=1S/C18H25FN6O2/c1-4-5-27-17-7-16(15(10-23-17)24-12(3)11(2)20)25(19)14-6-13(18(21)26)8-22-9-14/h6-12,24H,4-5,20H2,1-3H3,(H2,21,26)/t11-,12+/m1/s1. The molecular formula is C18H25FN6O2. The Balaban J connectivity index is 2.42. The number of carbonyl (C=O) groups is 1. The molecule has 0 aromatic carbocycles. The van der Waals surface area contributed by atoms with Crippen molar-refractivity contribution in [1.82, 2.24) is 9.97 Å². The van der Waals surface area contributed by atoms with Crippen LogP contribution >= 0.6 is 0 Å². The fourth-order valence-electron chi connectivity index (χ4n) is 2.17. The number of rotatable bonds is 9. The van der Waals surface area contributed by atoms with E-state index in [0.29, 0.717) is 17.4 Å². The maximum absolute atomic E-state index is 15.2. The van der Waals surface area contributed by atoms with E-state index in [2.05, 4.69) is 15.3 Å². The number of anilines is 3. The zero-order valence-electron chi connectivity index (χ0n) is 15.6. The summed E-state index contributed by atoms with van der Waals surface area (Å²) in [4.78, 5) is 19.4. The Kier molecular flexibility index (Phi) is 6.89. The second-order valence-electron chi connectivity index (χ2n) is 6.26. The molecule has 2 atom stereocenters. The number of halogens is 1. The van der Waals surface area contributed by atoms with Gasteiger partial charge in [0.05, 0.1) is 35.9 Å². The Morgan fingerprint density at radius 3 is 2.70 bits per heavy atom. The van der Waals surface area contributed by atoms with Crippen LogP contribution in [0.4, 0.5) is 21.5 Å². The maximum atomic E-state index is 15.2. The number of hydrogen-bond acceptors (Lipinski definition) is 7. The van der Waals surface area contributed by atoms with Crippen LogP contribution in [-0.2, 0) is 0 Å². The number of nitrogens with two attached hydrogens (primary N) is 2. The number of pyridine rings is 2. The van der Waals surface area contributed by atoms with Gasteiger partial charge in [-0.05, 0) is 26.3 Å². The zero-order valence-corrected chi connectivity index (χ0v) is 15.6. The lowest BCUT2D eigenvalue weighted by Gasteiger charge is -2.23. The van der Waals surface area contributed by atoms with Crippen LogP contribution in [0.25, 0.3) is 0 Å². The van der Waals surface area contributed by atoms with E-state index >= 15 is 4.48 Å². The van der Waals surface area contributed by atoms with E-state index in [-0.39, 0.29) is 34.9 Å². The SMILES string of the molecule is CCCOc1cc(N(F)c2cncc(C(N)=O)c2)c(N[C@@H](C)[C@@H](C)N)cn1. The molecule has 5 N–H and O–H groups in total. The third-order valence-electron chi connectivity index (χ3n) is 3.93. The summed E-state index contributed by atoms with van der Waals surface area (Å²) in [7, 11) is 0. The van der Waals surface area contributed by atoms with Gasteiger partial charge in [0, 0.05) is 24.3 Å². The number of nitrogens with zero attached hydrogens (tertiary/aromatic N) is 3. The Morgan fingerprint density at radius 2 is 2.07 bits per heavy atom. The maximum Gasteiger partial charge on any atom is 0.250 e. The highest BCUT2D eigenvalue weighted by atomic mass is 19.2. The van der Waals surface area contributed by atoms with Crippen molar-refractivity contribution in [2.45, 2.75) is 39.3 Å². The van der Waals surface area contributed by atoms with E-state index in [0.717, 1.165) is 6.42 Å². The third-order valence-corrected chi connectivity index (χ3v) is 3.93. The largest absolute Gasteiger partial charge is 0.478 e. The molecule has 1 amide bonds. The summed E-state index contributed by atoms with van der Waals surface area (Å²) in [6.45, 7) is 6.15. The van der Waals surface area contributed by atoms with Gasteiger partial charge >= 0.3 is 0 Å². The average molecular weight is 376 g/mol. The van der Waals surface area contributed by atoms with Gasteiger partial charge in [-0.25, -0.2) is 4.98 Å². The summed E-state index contributed by atoms with van der Waals surface area (Å²) in [6.07, 6.45) is 4.84. The van der Waals surface area contributed by atoms with Crippen LogP contribution in [0.2, 0.25) is 0 Å². The van der Waals surface area contributed by atoms with Gasteiger partial charge in [-0.15, -0.1) is 0 Å². The summed E-state index contributed by atoms with van der Waals surface area (Å²) >= 11 is 0. The molecular weight excluding hydrogens is 351 g/mol. The number of aromatic nitrogens is 2. The lowest BCUT2D eigenvalue weighted by atomic mass is 10.1. The second kappa shape index (κ2) is 9.13. The lowest BCUT2D eigenvalue weighted by Crippen LogP contribution is -2.35. The highest BCUT2D eigenvalue weighted by Crippen LogP contribution is 2.35. The molecule has 9 heteroatoms. The number of amides is 1. The molecule has 8 nitrogen and oxygen atoms in total. The molecule has 0 aliphatic heterocycles. The monoisotopic (exact) mass is 376 g/mol. The molecule has 2 aromatic rings. The fraction of sp³-hybridized carbons (Fsp3) is 0.389. The number of hydrogen-bond donors (Lipinski definition) is 3. The Bertz CT molecular complexity index is 786. The number of carbonyl (C=O) groups excluding carboxylic acids is 1. The molecule has 0 radical (unpaired) electrons. The van der Waals surface area contributed by atoms with E-state index in [1.165, 1.54) is 30.7 Å². The molecule has 0 spiro atoms. The Labute approximate surface area is 157 Å². The summed E-state index contributed by atoms with van der Waals surface area (Å²) in [5.74, 6) is -0.407. The van der Waals surface area contributed by atoms with E-state index in [9.17, 15) is 4.79 Å². The van der Waals surface area contributed by atoms with Crippen LogP contribution < -0.4 is 26.6 Å². The van der Waals surface area contributed by atoms with Crippen LogP contribution in [0.5, 0.6) is 5.88 Å². The first kappa shape index (κ1) is 20.4. The molecule has 0 aliphatic rings. The number of primary amides is 1. The summed E-state index contributed by atoms with van der Waals surface area (Å²) in [5.41, 5.74) is 11.9. The van der Waals surface area contributed by atoms with Gasteiger partial charge in [-0.2, -0.15) is 5.12 Å². The lowest BCUT2D eigenvalue weighted by molar-refractivity contribution is 0.1000. The van der Waals surface area contributed by atoms with Gasteiger partial charge < -0.3 is 21.5 Å². The number of ether oxygens (including phenoxy) is 1. The molecule has 0 bridgehead atoms. The minimum Gasteiger partial charge on any atom is -0.478 e. The second-order valence-corrected chi connectivity index (χ2v) is 6.26. The average Bonchev–Trinajstić information content (AvgIpc) is 2.66. The van der Waals surface area contributed by atoms with Crippen molar-refractivity contribution in [2.24, 2.45) is 11.5 Å². The van der Waals surface area contributed by atoms with E-state index in [1.54, 1.807) is 0 Å². The van der Waals surface area contributed by atoms with Gasteiger partial charge in [0.15, 0.2) is 0 Å². The smallest absolute Gasteiger partial charge is 0.250 e. The fourth-order valence-corrected chi connectivity index (χ4v) is 2.17. The predicted molar refractivity (Wildman–Crippen MR) is 103 cm³/mol. The quantitative estimate of drug-likeness (QED) is 0.575. The first-order valence-electron chi connectivity index (χ1n) is 8.69. The third kappa shape index (κ3) is 5.27. The van der Waals surface area contributed by atoms with Crippen molar-refractivity contribution in [1.29, 1.82) is 0 Å². The highest BCUT2D eigenvalue weighted by Gasteiger charge is 2.19. The van der Waals surface area contributed by atoms with E-state index in [4.69, 9.17) is 16.2 Å². The molecule has 2 rings (SSSR count). The Hall–Kier alpha value is -2.94. The van der Waals surface area contributed by atoms with Gasteiger partial charge in [-0.1, -0.05) is 11.4 Å². The van der Waals surface area contributed by atoms with Crippen LogP contribution in [0.15, 0.2) is 30.7 Å². The molecule has 0 saturated carbocycles. The first-order valence-corrected chi connectivity index (χ1v) is 8.69. The van der Waals surface area contributed by atoms with Crippen LogP contribution in [0.3, 0.4) is 0 Å². The van der Waals surface area contributed by atoms with Crippen molar-refractivity contribution < 1.29 is 14.0 Å².